The normalized spacial score (nSPS) is 12.7. The minimum atomic E-state index is -0.0863. The zero-order chi connectivity index (χ0) is 13.5. The Morgan fingerprint density at radius 1 is 1.39 bits per heavy atom. The van der Waals surface area contributed by atoms with Crippen LogP contribution in [0.15, 0.2) is 17.2 Å². The van der Waals surface area contributed by atoms with Crippen LogP contribution >= 0.6 is 0 Å². The van der Waals surface area contributed by atoms with Crippen LogP contribution in [0.25, 0.3) is 0 Å². The monoisotopic (exact) mass is 252 g/mol. The molecule has 0 spiro atoms. The molecule has 1 heterocycles. The highest BCUT2D eigenvalue weighted by atomic mass is 16.1. The molecule has 0 aromatic carbocycles. The lowest BCUT2D eigenvalue weighted by Gasteiger charge is -2.21. The fraction of sp³-hybridized carbons (Fsp3) is 0.692. The fourth-order valence-electron chi connectivity index (χ4n) is 2.09. The van der Waals surface area contributed by atoms with Crippen LogP contribution in [-0.4, -0.2) is 22.1 Å². The lowest BCUT2D eigenvalue weighted by molar-refractivity contribution is 0.407. The number of nitrogens with two attached hydrogens (primary N) is 1. The Morgan fingerprint density at radius 3 is 2.61 bits per heavy atom. The SMILES string of the molecule is CCC(CC)C(N)CNc1nccn(CC)c1=O. The minimum Gasteiger partial charge on any atom is -0.364 e. The van der Waals surface area contributed by atoms with Crippen molar-refractivity contribution >= 4 is 5.82 Å². The summed E-state index contributed by atoms with van der Waals surface area (Å²) < 4.78 is 1.62. The van der Waals surface area contributed by atoms with Gasteiger partial charge in [0.15, 0.2) is 5.82 Å². The van der Waals surface area contributed by atoms with Gasteiger partial charge < -0.3 is 15.6 Å². The van der Waals surface area contributed by atoms with Crippen molar-refractivity contribution in [2.45, 2.75) is 46.2 Å². The van der Waals surface area contributed by atoms with Gasteiger partial charge in [-0.3, -0.25) is 4.79 Å². The lowest BCUT2D eigenvalue weighted by Crippen LogP contribution is -2.37. The first-order valence-corrected chi connectivity index (χ1v) is 6.68. The first-order valence-electron chi connectivity index (χ1n) is 6.68. The highest BCUT2D eigenvalue weighted by Gasteiger charge is 2.14. The van der Waals surface area contributed by atoms with Crippen molar-refractivity contribution in [2.24, 2.45) is 11.7 Å². The van der Waals surface area contributed by atoms with Gasteiger partial charge in [0.1, 0.15) is 0 Å². The van der Waals surface area contributed by atoms with Crippen molar-refractivity contribution in [1.29, 1.82) is 0 Å². The number of rotatable bonds is 7. The Morgan fingerprint density at radius 2 is 2.06 bits per heavy atom. The molecule has 18 heavy (non-hydrogen) atoms. The lowest BCUT2D eigenvalue weighted by atomic mass is 9.95. The highest BCUT2D eigenvalue weighted by molar-refractivity contribution is 5.30. The van der Waals surface area contributed by atoms with Gasteiger partial charge in [0, 0.05) is 31.5 Å². The Kier molecular flexibility index (Phi) is 5.85. The number of nitrogens with one attached hydrogen (secondary N) is 1. The van der Waals surface area contributed by atoms with E-state index in [-0.39, 0.29) is 11.6 Å². The molecule has 1 atom stereocenters. The molecule has 5 heteroatoms. The summed E-state index contributed by atoms with van der Waals surface area (Å²) >= 11 is 0. The number of aryl methyl sites for hydroxylation is 1. The van der Waals surface area contributed by atoms with Gasteiger partial charge in [-0.1, -0.05) is 26.7 Å². The maximum absolute atomic E-state index is 11.9. The predicted molar refractivity (Wildman–Crippen MR) is 74.7 cm³/mol. The van der Waals surface area contributed by atoms with Gasteiger partial charge in [-0.25, -0.2) is 4.98 Å². The molecule has 0 amide bonds. The number of hydrogen-bond acceptors (Lipinski definition) is 4. The van der Waals surface area contributed by atoms with Gasteiger partial charge in [0.25, 0.3) is 5.56 Å². The van der Waals surface area contributed by atoms with Crippen LogP contribution in [0, 0.1) is 5.92 Å². The summed E-state index contributed by atoms with van der Waals surface area (Å²) in [5, 5.41) is 3.07. The summed E-state index contributed by atoms with van der Waals surface area (Å²) in [7, 11) is 0. The minimum absolute atomic E-state index is 0.0523. The van der Waals surface area contributed by atoms with E-state index >= 15 is 0 Å². The van der Waals surface area contributed by atoms with Crippen LogP contribution in [0.4, 0.5) is 5.82 Å². The molecule has 1 rings (SSSR count). The smallest absolute Gasteiger partial charge is 0.293 e. The number of anilines is 1. The van der Waals surface area contributed by atoms with Crippen LogP contribution in [0.5, 0.6) is 0 Å². The van der Waals surface area contributed by atoms with Crippen LogP contribution in [-0.2, 0) is 6.54 Å². The van der Waals surface area contributed by atoms with Gasteiger partial charge in [0.05, 0.1) is 0 Å². The molecule has 0 radical (unpaired) electrons. The average molecular weight is 252 g/mol. The highest BCUT2D eigenvalue weighted by Crippen LogP contribution is 2.11. The van der Waals surface area contributed by atoms with E-state index in [1.807, 2.05) is 6.92 Å². The molecule has 0 aliphatic heterocycles. The van der Waals surface area contributed by atoms with Crippen molar-refractivity contribution in [3.8, 4) is 0 Å². The average Bonchev–Trinajstić information content (AvgIpc) is 2.39. The molecular weight excluding hydrogens is 228 g/mol. The van der Waals surface area contributed by atoms with Crippen LogP contribution < -0.4 is 16.6 Å². The standard InChI is InChI=1S/C13H24N4O/c1-4-10(5-2)11(14)9-16-12-13(18)17(6-3)8-7-15-12/h7-8,10-11H,4-6,9,14H2,1-3H3,(H,15,16). The second-order valence-corrected chi connectivity index (χ2v) is 4.49. The Labute approximate surface area is 108 Å². The Bertz CT molecular complexity index is 412. The third-order valence-electron chi connectivity index (χ3n) is 3.41. The molecule has 1 aromatic rings. The van der Waals surface area contributed by atoms with Crippen molar-refractivity contribution < 1.29 is 0 Å². The fourth-order valence-corrected chi connectivity index (χ4v) is 2.09. The van der Waals surface area contributed by atoms with E-state index in [1.54, 1.807) is 17.0 Å². The zero-order valence-electron chi connectivity index (χ0n) is 11.5. The second-order valence-electron chi connectivity index (χ2n) is 4.49. The molecule has 102 valence electrons. The van der Waals surface area contributed by atoms with E-state index in [2.05, 4.69) is 24.1 Å². The molecule has 0 saturated heterocycles. The summed E-state index contributed by atoms with van der Waals surface area (Å²) in [6, 6.07) is 0.0523. The van der Waals surface area contributed by atoms with E-state index in [1.165, 1.54) is 0 Å². The predicted octanol–water partition coefficient (Wildman–Crippen LogP) is 1.44. The summed E-state index contributed by atoms with van der Waals surface area (Å²) in [6.45, 7) is 7.44. The third kappa shape index (κ3) is 3.57. The van der Waals surface area contributed by atoms with Gasteiger partial charge in [-0.15, -0.1) is 0 Å². The zero-order valence-corrected chi connectivity index (χ0v) is 11.5. The van der Waals surface area contributed by atoms with Crippen molar-refractivity contribution in [1.82, 2.24) is 9.55 Å². The van der Waals surface area contributed by atoms with E-state index in [4.69, 9.17) is 5.73 Å². The summed E-state index contributed by atoms with van der Waals surface area (Å²) in [5.41, 5.74) is 6.02. The molecule has 0 aliphatic rings. The van der Waals surface area contributed by atoms with E-state index in [0.29, 0.717) is 24.8 Å². The third-order valence-corrected chi connectivity index (χ3v) is 3.41. The molecule has 5 nitrogen and oxygen atoms in total. The molecule has 0 aliphatic carbocycles. The van der Waals surface area contributed by atoms with Gasteiger partial charge in [-0.05, 0) is 12.8 Å². The number of hydrogen-bond donors (Lipinski definition) is 2. The van der Waals surface area contributed by atoms with Crippen LogP contribution in [0.2, 0.25) is 0 Å². The second kappa shape index (κ2) is 7.16. The topological polar surface area (TPSA) is 72.9 Å². The maximum Gasteiger partial charge on any atom is 0.293 e. The Hall–Kier alpha value is -1.36. The molecule has 1 unspecified atom stereocenters. The molecule has 1 aromatic heterocycles. The van der Waals surface area contributed by atoms with E-state index in [0.717, 1.165) is 12.8 Å². The molecular formula is C13H24N4O. The van der Waals surface area contributed by atoms with Crippen molar-refractivity contribution in [3.05, 3.63) is 22.7 Å². The van der Waals surface area contributed by atoms with Crippen molar-refractivity contribution in [3.63, 3.8) is 0 Å². The van der Waals surface area contributed by atoms with Gasteiger partial charge >= 0.3 is 0 Å². The molecule has 3 N–H and O–H groups in total. The summed E-state index contributed by atoms with van der Waals surface area (Å²) in [5.74, 6) is 0.871. The van der Waals surface area contributed by atoms with Crippen LogP contribution in [0.1, 0.15) is 33.6 Å². The van der Waals surface area contributed by atoms with Crippen molar-refractivity contribution in [2.75, 3.05) is 11.9 Å². The largest absolute Gasteiger partial charge is 0.364 e. The van der Waals surface area contributed by atoms with Gasteiger partial charge in [0.2, 0.25) is 0 Å². The first-order chi connectivity index (χ1) is 8.63. The van der Waals surface area contributed by atoms with Crippen LogP contribution in [0.3, 0.4) is 0 Å². The molecule has 0 saturated carbocycles. The number of nitrogens with zero attached hydrogens (tertiary/aromatic N) is 2. The first kappa shape index (κ1) is 14.7. The summed E-state index contributed by atoms with van der Waals surface area (Å²) in [4.78, 5) is 16.0. The van der Waals surface area contributed by atoms with E-state index in [9.17, 15) is 4.79 Å². The quantitative estimate of drug-likeness (QED) is 0.770. The van der Waals surface area contributed by atoms with E-state index < -0.39 is 0 Å². The summed E-state index contributed by atoms with van der Waals surface area (Å²) in [6.07, 6.45) is 5.44. The Balaban J connectivity index is 2.66. The maximum atomic E-state index is 11.9. The van der Waals surface area contributed by atoms with Gasteiger partial charge in [-0.2, -0.15) is 0 Å². The molecule has 0 fully saturated rings. The number of aromatic nitrogens is 2. The molecule has 0 bridgehead atoms.